The maximum absolute atomic E-state index is 6.58. The van der Waals surface area contributed by atoms with Crippen molar-refractivity contribution in [2.24, 2.45) is 0 Å². The molecule has 2 aliphatic rings. The zero-order valence-corrected chi connectivity index (χ0v) is 32.5. The number of furan rings is 1. The minimum absolute atomic E-state index is 0.114. The smallest absolute Gasteiger partial charge is 0.143 e. The van der Waals surface area contributed by atoms with Gasteiger partial charge in [0.15, 0.2) is 0 Å². The standard InChI is InChI=1S/C55H40N2O/c1-55(2)46-23-9-5-22-44(46)53-47(55)24-14-28-51(53)57(38-17-13-16-37(34-38)56-49-26-11-7-20-41(49)42-21-8-12-27-50(42)56)48-25-10-6-18-39(48)36-30-32-52-45(33-36)43-31-29-35-15-3-4-19-40(35)54(43)58-52/h3-15,17-34,37H,16H2,1-2H3. The molecule has 0 aliphatic heterocycles. The van der Waals surface area contributed by atoms with Crippen molar-refractivity contribution in [2.75, 3.05) is 4.90 Å². The van der Waals surface area contributed by atoms with Gasteiger partial charge in [-0.05, 0) is 88.7 Å². The molecule has 0 amide bonds. The quantitative estimate of drug-likeness (QED) is 0.175. The normalized spacial score (nSPS) is 15.7. The van der Waals surface area contributed by atoms with Crippen molar-refractivity contribution in [3.63, 3.8) is 0 Å². The van der Waals surface area contributed by atoms with Crippen molar-refractivity contribution in [2.45, 2.75) is 31.7 Å². The molecule has 2 heterocycles. The molecule has 0 saturated carbocycles. The molecule has 0 bridgehead atoms. The Balaban J connectivity index is 1.10. The molecule has 0 radical (unpaired) electrons. The topological polar surface area (TPSA) is 21.3 Å². The fraction of sp³-hybridized carbons (Fsp3) is 0.0909. The lowest BCUT2D eigenvalue weighted by atomic mass is 9.82. The van der Waals surface area contributed by atoms with Crippen LogP contribution in [0.25, 0.3) is 76.8 Å². The van der Waals surface area contributed by atoms with Crippen LogP contribution in [0.3, 0.4) is 0 Å². The van der Waals surface area contributed by atoms with Crippen LogP contribution in [-0.4, -0.2) is 4.57 Å². The first-order valence-electron chi connectivity index (χ1n) is 20.4. The van der Waals surface area contributed by atoms with Gasteiger partial charge >= 0.3 is 0 Å². The van der Waals surface area contributed by atoms with Gasteiger partial charge in [-0.2, -0.15) is 0 Å². The Kier molecular flexibility index (Phi) is 7.10. The highest BCUT2D eigenvalue weighted by Gasteiger charge is 2.38. The minimum Gasteiger partial charge on any atom is -0.455 e. The van der Waals surface area contributed by atoms with Crippen molar-refractivity contribution in [1.82, 2.24) is 4.57 Å². The molecule has 3 heteroatoms. The van der Waals surface area contributed by atoms with E-state index in [0.717, 1.165) is 56.3 Å². The third-order valence-electron chi connectivity index (χ3n) is 12.9. The van der Waals surface area contributed by atoms with Gasteiger partial charge in [-0.25, -0.2) is 0 Å². The molecular weight excluding hydrogens is 705 g/mol. The number of anilines is 2. The lowest BCUT2D eigenvalue weighted by Crippen LogP contribution is -2.21. The van der Waals surface area contributed by atoms with Gasteiger partial charge in [0.2, 0.25) is 0 Å². The second-order valence-electron chi connectivity index (χ2n) is 16.4. The molecule has 2 aromatic heterocycles. The summed E-state index contributed by atoms with van der Waals surface area (Å²) in [6.07, 6.45) is 8.11. The van der Waals surface area contributed by atoms with Crippen molar-refractivity contribution in [3.8, 4) is 22.3 Å². The number of benzene rings is 8. The van der Waals surface area contributed by atoms with Crippen LogP contribution in [-0.2, 0) is 5.41 Å². The van der Waals surface area contributed by atoms with Crippen LogP contribution >= 0.6 is 0 Å². The molecule has 8 aromatic carbocycles. The number of hydrogen-bond donors (Lipinski definition) is 0. The Hall–Kier alpha value is -7.10. The van der Waals surface area contributed by atoms with Crippen LogP contribution in [0.4, 0.5) is 11.4 Å². The predicted octanol–water partition coefficient (Wildman–Crippen LogP) is 15.0. The van der Waals surface area contributed by atoms with Gasteiger partial charge in [-0.3, -0.25) is 0 Å². The first-order valence-corrected chi connectivity index (χ1v) is 20.4. The fourth-order valence-electron chi connectivity index (χ4n) is 10.2. The molecular formula is C55H40N2O. The van der Waals surface area contributed by atoms with E-state index in [1.165, 1.54) is 55.1 Å². The highest BCUT2D eigenvalue weighted by molar-refractivity contribution is 6.16. The van der Waals surface area contributed by atoms with Crippen LogP contribution < -0.4 is 4.90 Å². The van der Waals surface area contributed by atoms with Gasteiger partial charge < -0.3 is 13.9 Å². The predicted molar refractivity (Wildman–Crippen MR) is 243 cm³/mol. The third kappa shape index (κ3) is 4.74. The van der Waals surface area contributed by atoms with Gasteiger partial charge in [0.25, 0.3) is 0 Å². The number of nitrogens with zero attached hydrogens (tertiary/aromatic N) is 2. The van der Waals surface area contributed by atoms with E-state index in [4.69, 9.17) is 4.42 Å². The molecule has 58 heavy (non-hydrogen) atoms. The molecule has 0 spiro atoms. The van der Waals surface area contributed by atoms with Crippen LogP contribution in [0.1, 0.15) is 37.4 Å². The van der Waals surface area contributed by atoms with E-state index in [2.05, 4.69) is 211 Å². The second kappa shape index (κ2) is 12.4. The summed E-state index contributed by atoms with van der Waals surface area (Å²) in [7, 11) is 0. The van der Waals surface area contributed by atoms with Gasteiger partial charge in [0, 0.05) is 60.2 Å². The summed E-state index contributed by atoms with van der Waals surface area (Å²) in [4.78, 5) is 2.54. The number of aromatic nitrogens is 1. The highest BCUT2D eigenvalue weighted by Crippen LogP contribution is 2.54. The fourth-order valence-corrected chi connectivity index (χ4v) is 10.2. The number of rotatable bonds is 5. The SMILES string of the molecule is CC1(C)c2ccccc2-c2c(N(C3=CC(n4c5ccccc5c5ccccc54)CC=C3)c3ccccc3-c3ccc4oc5c6ccccc6ccc5c4c3)cccc21. The average Bonchev–Trinajstić information content (AvgIpc) is 3.90. The van der Waals surface area contributed by atoms with Gasteiger partial charge in [0.1, 0.15) is 11.2 Å². The van der Waals surface area contributed by atoms with E-state index >= 15 is 0 Å². The summed E-state index contributed by atoms with van der Waals surface area (Å²) < 4.78 is 9.13. The number of allylic oxidation sites excluding steroid dienone is 3. The summed E-state index contributed by atoms with van der Waals surface area (Å²) in [6, 6.07) is 62.2. The van der Waals surface area contributed by atoms with Crippen LogP contribution in [0.5, 0.6) is 0 Å². The molecule has 2 aliphatic carbocycles. The summed E-state index contributed by atoms with van der Waals surface area (Å²) in [6.45, 7) is 4.73. The summed E-state index contributed by atoms with van der Waals surface area (Å²) in [5.41, 5.74) is 15.3. The summed E-state index contributed by atoms with van der Waals surface area (Å²) >= 11 is 0. The van der Waals surface area contributed by atoms with Crippen molar-refractivity contribution in [3.05, 3.63) is 205 Å². The van der Waals surface area contributed by atoms with Gasteiger partial charge in [-0.1, -0.05) is 147 Å². The molecule has 3 nitrogen and oxygen atoms in total. The molecule has 276 valence electrons. The third-order valence-corrected chi connectivity index (χ3v) is 12.9. The number of fused-ring (bicyclic) bond motifs is 11. The van der Waals surface area contributed by atoms with E-state index < -0.39 is 0 Å². The Morgan fingerprint density at radius 1 is 0.569 bits per heavy atom. The molecule has 0 N–H and O–H groups in total. The zero-order chi connectivity index (χ0) is 38.5. The Bertz CT molecular complexity index is 3320. The molecule has 0 fully saturated rings. The molecule has 1 unspecified atom stereocenters. The second-order valence-corrected chi connectivity index (χ2v) is 16.4. The lowest BCUT2D eigenvalue weighted by molar-refractivity contribution is 0.641. The Morgan fingerprint density at radius 2 is 1.24 bits per heavy atom. The number of hydrogen-bond acceptors (Lipinski definition) is 2. The van der Waals surface area contributed by atoms with Gasteiger partial charge in [-0.15, -0.1) is 0 Å². The molecule has 0 saturated heterocycles. The van der Waals surface area contributed by atoms with E-state index in [1.54, 1.807) is 0 Å². The van der Waals surface area contributed by atoms with Gasteiger partial charge in [0.05, 0.1) is 17.4 Å². The van der Waals surface area contributed by atoms with Crippen molar-refractivity contribution in [1.29, 1.82) is 0 Å². The van der Waals surface area contributed by atoms with Crippen molar-refractivity contribution < 1.29 is 4.42 Å². The van der Waals surface area contributed by atoms with Crippen molar-refractivity contribution >= 4 is 65.9 Å². The zero-order valence-electron chi connectivity index (χ0n) is 32.5. The minimum atomic E-state index is -0.132. The monoisotopic (exact) mass is 744 g/mol. The number of para-hydroxylation sites is 3. The molecule has 1 atom stereocenters. The van der Waals surface area contributed by atoms with E-state index in [9.17, 15) is 0 Å². The largest absolute Gasteiger partial charge is 0.455 e. The summed E-state index contributed by atoms with van der Waals surface area (Å²) in [5.74, 6) is 0. The Labute approximate surface area is 337 Å². The first kappa shape index (κ1) is 33.1. The maximum Gasteiger partial charge on any atom is 0.143 e. The van der Waals surface area contributed by atoms with Crippen LogP contribution in [0, 0.1) is 0 Å². The summed E-state index contributed by atoms with van der Waals surface area (Å²) in [5, 5.41) is 7.16. The molecule has 10 aromatic rings. The maximum atomic E-state index is 6.58. The first-order chi connectivity index (χ1) is 28.5. The van der Waals surface area contributed by atoms with E-state index in [1.807, 2.05) is 0 Å². The van der Waals surface area contributed by atoms with Crippen LogP contribution in [0.15, 0.2) is 198 Å². The Morgan fingerprint density at radius 3 is 2.07 bits per heavy atom. The average molecular weight is 745 g/mol. The van der Waals surface area contributed by atoms with Crippen LogP contribution in [0.2, 0.25) is 0 Å². The molecule has 12 rings (SSSR count). The highest BCUT2D eigenvalue weighted by atomic mass is 16.3. The lowest BCUT2D eigenvalue weighted by Gasteiger charge is -2.33. The van der Waals surface area contributed by atoms with E-state index in [-0.39, 0.29) is 11.5 Å². The van der Waals surface area contributed by atoms with E-state index in [0.29, 0.717) is 0 Å².